The van der Waals surface area contributed by atoms with Gasteiger partial charge in [0.15, 0.2) is 0 Å². The molecule has 0 aromatic rings. The van der Waals surface area contributed by atoms with Crippen molar-refractivity contribution in [1.82, 2.24) is 9.62 Å². The van der Waals surface area contributed by atoms with E-state index in [0.29, 0.717) is 19.1 Å². The molecule has 0 aromatic heterocycles. The first-order valence-corrected chi connectivity index (χ1v) is 7.19. The van der Waals surface area contributed by atoms with Gasteiger partial charge in [0.25, 0.3) is 0 Å². The maximum absolute atomic E-state index is 11.9. The minimum Gasteiger partial charge on any atom is -0.313 e. The SMILES string of the molecule is C#CCN(CCC)S(=O)(=O)CCNC(C)C. The quantitative estimate of drug-likeness (QED) is 0.640. The average Bonchev–Trinajstić information content (AvgIpc) is 2.16. The molecule has 0 radical (unpaired) electrons. The molecular weight excluding hydrogens is 224 g/mol. The van der Waals surface area contributed by atoms with Gasteiger partial charge in [0, 0.05) is 19.1 Å². The lowest BCUT2D eigenvalue weighted by Gasteiger charge is -2.19. The third-order valence-corrected chi connectivity index (χ3v) is 3.87. The second-order valence-corrected chi connectivity index (χ2v) is 6.05. The molecule has 4 nitrogen and oxygen atoms in total. The van der Waals surface area contributed by atoms with Crippen LogP contribution in [0.4, 0.5) is 0 Å². The van der Waals surface area contributed by atoms with E-state index in [1.54, 1.807) is 0 Å². The Morgan fingerprint density at radius 3 is 2.50 bits per heavy atom. The summed E-state index contributed by atoms with van der Waals surface area (Å²) in [6.07, 6.45) is 5.94. The molecule has 0 fully saturated rings. The first kappa shape index (κ1) is 15.4. The standard InChI is InChI=1S/C11H22N2O2S/c1-5-8-13(9-6-2)16(14,15)10-7-12-11(3)4/h1,11-12H,6-10H2,2-4H3. The van der Waals surface area contributed by atoms with Gasteiger partial charge in [-0.1, -0.05) is 26.7 Å². The van der Waals surface area contributed by atoms with Crippen LogP contribution >= 0.6 is 0 Å². The molecule has 0 aliphatic carbocycles. The maximum atomic E-state index is 11.9. The molecule has 0 aliphatic rings. The van der Waals surface area contributed by atoms with E-state index in [-0.39, 0.29) is 12.3 Å². The zero-order valence-electron chi connectivity index (χ0n) is 10.4. The Labute approximate surface area is 99.5 Å². The minimum absolute atomic E-state index is 0.104. The Morgan fingerprint density at radius 1 is 1.44 bits per heavy atom. The van der Waals surface area contributed by atoms with E-state index in [1.165, 1.54) is 4.31 Å². The topological polar surface area (TPSA) is 49.4 Å². The molecule has 0 spiro atoms. The van der Waals surface area contributed by atoms with Crippen molar-refractivity contribution >= 4 is 10.0 Å². The molecule has 0 aliphatic heterocycles. The molecule has 1 N–H and O–H groups in total. The van der Waals surface area contributed by atoms with Crippen LogP contribution in [0, 0.1) is 12.3 Å². The molecule has 0 bridgehead atoms. The summed E-state index contributed by atoms with van der Waals surface area (Å²) in [5.74, 6) is 2.49. The average molecular weight is 246 g/mol. The summed E-state index contributed by atoms with van der Waals surface area (Å²) in [6.45, 7) is 7.03. The van der Waals surface area contributed by atoms with E-state index in [4.69, 9.17) is 6.42 Å². The lowest BCUT2D eigenvalue weighted by Crippen LogP contribution is -2.38. The van der Waals surface area contributed by atoms with E-state index < -0.39 is 10.0 Å². The number of terminal acetylenes is 1. The molecule has 0 aromatic carbocycles. The zero-order valence-corrected chi connectivity index (χ0v) is 11.2. The molecule has 0 atom stereocenters. The second-order valence-electron chi connectivity index (χ2n) is 3.96. The van der Waals surface area contributed by atoms with Crippen LogP contribution in [-0.2, 0) is 10.0 Å². The fourth-order valence-corrected chi connectivity index (χ4v) is 2.64. The summed E-state index contributed by atoms with van der Waals surface area (Å²) in [5, 5.41) is 3.08. The fourth-order valence-electron chi connectivity index (χ4n) is 1.27. The Balaban J connectivity index is 4.31. The number of nitrogens with zero attached hydrogens (tertiary/aromatic N) is 1. The van der Waals surface area contributed by atoms with Crippen molar-refractivity contribution in [1.29, 1.82) is 0 Å². The fraction of sp³-hybridized carbons (Fsp3) is 0.818. The van der Waals surface area contributed by atoms with Crippen LogP contribution in [0.15, 0.2) is 0 Å². The largest absolute Gasteiger partial charge is 0.313 e. The van der Waals surface area contributed by atoms with Crippen LogP contribution in [-0.4, -0.2) is 44.2 Å². The van der Waals surface area contributed by atoms with E-state index >= 15 is 0 Å². The number of hydrogen-bond acceptors (Lipinski definition) is 3. The number of nitrogens with one attached hydrogen (secondary N) is 1. The van der Waals surface area contributed by atoms with Crippen molar-refractivity contribution < 1.29 is 8.42 Å². The highest BCUT2D eigenvalue weighted by molar-refractivity contribution is 7.89. The van der Waals surface area contributed by atoms with Gasteiger partial charge in [0.2, 0.25) is 10.0 Å². The lowest BCUT2D eigenvalue weighted by molar-refractivity contribution is 0.443. The molecule has 16 heavy (non-hydrogen) atoms. The lowest BCUT2D eigenvalue weighted by atomic mass is 10.4. The molecule has 0 rings (SSSR count). The third-order valence-electron chi connectivity index (χ3n) is 2.05. The Morgan fingerprint density at radius 2 is 2.06 bits per heavy atom. The summed E-state index contributed by atoms with van der Waals surface area (Å²) in [6, 6.07) is 0.294. The number of rotatable bonds is 8. The van der Waals surface area contributed by atoms with Crippen molar-refractivity contribution in [2.24, 2.45) is 0 Å². The smallest absolute Gasteiger partial charge is 0.216 e. The van der Waals surface area contributed by atoms with Crippen molar-refractivity contribution in [3.8, 4) is 12.3 Å². The first-order chi connectivity index (χ1) is 7.44. The van der Waals surface area contributed by atoms with E-state index in [2.05, 4.69) is 11.2 Å². The van der Waals surface area contributed by atoms with E-state index in [1.807, 2.05) is 20.8 Å². The summed E-state index contributed by atoms with van der Waals surface area (Å²) >= 11 is 0. The summed E-state index contributed by atoms with van der Waals surface area (Å²) in [5.41, 5.74) is 0. The van der Waals surface area contributed by atoms with Crippen molar-refractivity contribution in [2.45, 2.75) is 33.2 Å². The van der Waals surface area contributed by atoms with Gasteiger partial charge in [-0.05, 0) is 6.42 Å². The zero-order chi connectivity index (χ0) is 12.6. The third kappa shape index (κ3) is 6.11. The highest BCUT2D eigenvalue weighted by Gasteiger charge is 2.19. The van der Waals surface area contributed by atoms with E-state index in [9.17, 15) is 8.42 Å². The van der Waals surface area contributed by atoms with Gasteiger partial charge in [0.1, 0.15) is 0 Å². The molecule has 0 saturated carbocycles. The minimum atomic E-state index is -3.21. The van der Waals surface area contributed by atoms with Gasteiger partial charge >= 0.3 is 0 Å². The number of hydrogen-bond donors (Lipinski definition) is 1. The van der Waals surface area contributed by atoms with Crippen molar-refractivity contribution in [3.05, 3.63) is 0 Å². The predicted molar refractivity (Wildman–Crippen MR) is 67.6 cm³/mol. The Hall–Kier alpha value is -0.570. The Kier molecular flexibility index (Phi) is 7.39. The number of sulfonamides is 1. The summed E-state index contributed by atoms with van der Waals surface area (Å²) < 4.78 is 25.1. The highest BCUT2D eigenvalue weighted by Crippen LogP contribution is 2.02. The Bertz CT molecular complexity index is 317. The van der Waals surface area contributed by atoms with E-state index in [0.717, 1.165) is 6.42 Å². The molecular formula is C11H22N2O2S. The van der Waals surface area contributed by atoms with Crippen LogP contribution in [0.5, 0.6) is 0 Å². The molecule has 5 heteroatoms. The van der Waals surface area contributed by atoms with Gasteiger partial charge in [-0.2, -0.15) is 4.31 Å². The molecule has 0 amide bonds. The van der Waals surface area contributed by atoms with Crippen LogP contribution in [0.1, 0.15) is 27.2 Å². The van der Waals surface area contributed by atoms with Gasteiger partial charge in [-0.15, -0.1) is 6.42 Å². The second kappa shape index (κ2) is 7.66. The van der Waals surface area contributed by atoms with Crippen LogP contribution in [0.3, 0.4) is 0 Å². The summed E-state index contributed by atoms with van der Waals surface area (Å²) in [4.78, 5) is 0. The van der Waals surface area contributed by atoms with Crippen molar-refractivity contribution in [3.63, 3.8) is 0 Å². The van der Waals surface area contributed by atoms with Crippen LogP contribution < -0.4 is 5.32 Å². The molecule has 0 unspecified atom stereocenters. The summed E-state index contributed by atoms with van der Waals surface area (Å²) in [7, 11) is -3.21. The van der Waals surface area contributed by atoms with Gasteiger partial charge in [-0.25, -0.2) is 8.42 Å². The van der Waals surface area contributed by atoms with Gasteiger partial charge < -0.3 is 5.32 Å². The van der Waals surface area contributed by atoms with Crippen LogP contribution in [0.25, 0.3) is 0 Å². The van der Waals surface area contributed by atoms with Gasteiger partial charge in [-0.3, -0.25) is 0 Å². The van der Waals surface area contributed by atoms with Crippen LogP contribution in [0.2, 0.25) is 0 Å². The highest BCUT2D eigenvalue weighted by atomic mass is 32.2. The molecule has 0 heterocycles. The maximum Gasteiger partial charge on any atom is 0.216 e. The predicted octanol–water partition coefficient (Wildman–Crippen LogP) is 0.659. The van der Waals surface area contributed by atoms with Crippen molar-refractivity contribution in [2.75, 3.05) is 25.4 Å². The first-order valence-electron chi connectivity index (χ1n) is 5.58. The normalized spacial score (nSPS) is 12.0. The van der Waals surface area contributed by atoms with Gasteiger partial charge in [0.05, 0.1) is 12.3 Å². The molecule has 94 valence electrons. The molecule has 0 saturated heterocycles. The monoisotopic (exact) mass is 246 g/mol.